The van der Waals surface area contributed by atoms with E-state index in [1.165, 1.54) is 108 Å². The van der Waals surface area contributed by atoms with Gasteiger partial charge in [0.2, 0.25) is 10.4 Å². The van der Waals surface area contributed by atoms with Gasteiger partial charge in [-0.25, -0.2) is 8.42 Å². The summed E-state index contributed by atoms with van der Waals surface area (Å²) >= 11 is 1.94. The Labute approximate surface area is 231 Å². The van der Waals surface area contributed by atoms with Crippen molar-refractivity contribution in [2.75, 3.05) is 38.1 Å². The molecule has 33 heavy (non-hydrogen) atoms. The topological polar surface area (TPSA) is 84.9 Å². The predicted molar refractivity (Wildman–Crippen MR) is 134 cm³/mol. The average Bonchev–Trinajstić information content (AvgIpc) is 2.75. The first kappa shape index (κ1) is 36.3. The van der Waals surface area contributed by atoms with Crippen molar-refractivity contribution in [3.05, 3.63) is 0 Å². The van der Waals surface area contributed by atoms with Crippen LogP contribution in [0.1, 0.15) is 116 Å². The number of rotatable bonds is 27. The van der Waals surface area contributed by atoms with E-state index in [-0.39, 0.29) is 29.6 Å². The molecule has 0 aliphatic heterocycles. The monoisotopic (exact) mass is 520 g/mol. The minimum atomic E-state index is -4.66. The van der Waals surface area contributed by atoms with Crippen molar-refractivity contribution >= 4 is 22.2 Å². The van der Waals surface area contributed by atoms with Crippen LogP contribution in [0.3, 0.4) is 0 Å². The fraction of sp³-hybridized carbons (Fsp3) is 1.00. The second-order valence-electron chi connectivity index (χ2n) is 8.43. The molecular formula is C24H49NaO6S2. The van der Waals surface area contributed by atoms with E-state index in [4.69, 9.17) is 9.47 Å². The minimum absolute atomic E-state index is 0. The normalized spacial score (nSPS) is 11.6. The molecule has 0 aromatic carbocycles. The maximum atomic E-state index is 10.2. The summed E-state index contributed by atoms with van der Waals surface area (Å²) < 4.78 is 44.8. The van der Waals surface area contributed by atoms with E-state index >= 15 is 0 Å². The van der Waals surface area contributed by atoms with Gasteiger partial charge in [0.25, 0.3) is 0 Å². The van der Waals surface area contributed by atoms with Crippen molar-refractivity contribution < 1.29 is 56.2 Å². The Morgan fingerprint density at radius 2 is 1.06 bits per heavy atom. The van der Waals surface area contributed by atoms with Crippen LogP contribution in [-0.4, -0.2) is 51.1 Å². The number of hydrogen-bond acceptors (Lipinski definition) is 7. The van der Waals surface area contributed by atoms with Crippen molar-refractivity contribution in [3.8, 4) is 0 Å². The molecule has 0 atom stereocenters. The van der Waals surface area contributed by atoms with Gasteiger partial charge in [0.15, 0.2) is 6.79 Å². The third kappa shape index (κ3) is 35.4. The first-order valence-electron chi connectivity index (χ1n) is 12.9. The number of unbranched alkanes of at least 4 members (excludes halogenated alkanes) is 15. The van der Waals surface area contributed by atoms with E-state index in [1.807, 2.05) is 11.8 Å². The summed E-state index contributed by atoms with van der Waals surface area (Å²) in [4.78, 5) is 0. The maximum Gasteiger partial charge on any atom is 1.00 e. The van der Waals surface area contributed by atoms with Crippen molar-refractivity contribution in [2.45, 2.75) is 116 Å². The molecule has 9 heteroatoms. The van der Waals surface area contributed by atoms with Crippen LogP contribution in [0.15, 0.2) is 0 Å². The Morgan fingerprint density at radius 1 is 0.606 bits per heavy atom. The number of ether oxygens (including phenoxy) is 2. The molecule has 0 aromatic heterocycles. The first-order chi connectivity index (χ1) is 15.6. The Balaban J connectivity index is 0. The van der Waals surface area contributed by atoms with Gasteiger partial charge in [0.05, 0.1) is 13.2 Å². The van der Waals surface area contributed by atoms with E-state index in [2.05, 4.69) is 11.1 Å². The van der Waals surface area contributed by atoms with Gasteiger partial charge in [-0.3, -0.25) is 4.18 Å². The first-order valence-corrected chi connectivity index (χ1v) is 15.4. The molecule has 0 radical (unpaired) electrons. The Kier molecular flexibility index (Phi) is 32.3. The van der Waals surface area contributed by atoms with Crippen LogP contribution < -0.4 is 29.6 Å². The van der Waals surface area contributed by atoms with E-state index in [1.54, 1.807) is 0 Å². The molecule has 0 unspecified atom stereocenters. The molecule has 0 rings (SSSR count). The Bertz CT molecular complexity index is 466. The van der Waals surface area contributed by atoms with Crippen molar-refractivity contribution in [2.24, 2.45) is 0 Å². The minimum Gasteiger partial charge on any atom is -0.725 e. The van der Waals surface area contributed by atoms with Gasteiger partial charge in [0.1, 0.15) is 0 Å². The van der Waals surface area contributed by atoms with Crippen LogP contribution in [0.4, 0.5) is 0 Å². The van der Waals surface area contributed by atoms with Crippen molar-refractivity contribution in [1.29, 1.82) is 0 Å². The second-order valence-corrected chi connectivity index (χ2v) is 10.7. The zero-order valence-electron chi connectivity index (χ0n) is 21.5. The molecule has 0 aromatic rings. The van der Waals surface area contributed by atoms with Crippen LogP contribution in [0.2, 0.25) is 0 Å². The SMILES string of the molecule is CCCCCCCCCCCCCCCCCCSCCOCCCOCOS(=O)(=O)[O-].[Na+]. The quantitative estimate of drug-likeness (QED) is 0.0535. The molecule has 0 fully saturated rings. The molecule has 0 amide bonds. The van der Waals surface area contributed by atoms with Crippen LogP contribution in [0, 0.1) is 0 Å². The van der Waals surface area contributed by atoms with E-state index in [9.17, 15) is 13.0 Å². The fourth-order valence-corrected chi connectivity index (χ4v) is 4.52. The van der Waals surface area contributed by atoms with Gasteiger partial charge in [-0.1, -0.05) is 103 Å². The molecule has 0 aliphatic carbocycles. The summed E-state index contributed by atoms with van der Waals surface area (Å²) in [5.74, 6) is 2.20. The number of thioether (sulfide) groups is 1. The maximum absolute atomic E-state index is 10.2. The standard InChI is InChI=1S/C24H50O6S2.Na/c1-2-3-4-5-6-7-8-9-10-11-12-13-14-15-16-17-22-31-23-21-28-19-18-20-29-24-30-32(25,26)27;/h2-24H2,1H3,(H,25,26,27);/q;+1/p-1. The van der Waals surface area contributed by atoms with Gasteiger partial charge in [-0.15, -0.1) is 0 Å². The largest absolute Gasteiger partial charge is 1.00 e. The van der Waals surface area contributed by atoms with Gasteiger partial charge >= 0.3 is 29.6 Å². The van der Waals surface area contributed by atoms with Crippen LogP contribution >= 0.6 is 11.8 Å². The molecular weight excluding hydrogens is 471 g/mol. The Hall–Kier alpha value is 1.14. The van der Waals surface area contributed by atoms with E-state index in [0.717, 1.165) is 12.4 Å². The smallest absolute Gasteiger partial charge is 0.725 e. The van der Waals surface area contributed by atoms with Gasteiger partial charge in [-0.2, -0.15) is 11.8 Å². The molecule has 0 aliphatic rings. The average molecular weight is 521 g/mol. The summed E-state index contributed by atoms with van der Waals surface area (Å²) in [5.41, 5.74) is 0. The van der Waals surface area contributed by atoms with Crippen molar-refractivity contribution in [3.63, 3.8) is 0 Å². The van der Waals surface area contributed by atoms with E-state index in [0.29, 0.717) is 19.6 Å². The molecule has 0 spiro atoms. The van der Waals surface area contributed by atoms with Crippen LogP contribution in [-0.2, 0) is 24.1 Å². The fourth-order valence-electron chi connectivity index (χ4n) is 3.49. The second kappa shape index (κ2) is 29.4. The zero-order chi connectivity index (χ0) is 23.6. The van der Waals surface area contributed by atoms with Crippen LogP contribution in [0.25, 0.3) is 0 Å². The Morgan fingerprint density at radius 3 is 1.55 bits per heavy atom. The molecule has 0 heterocycles. The summed E-state index contributed by atoms with van der Waals surface area (Å²) in [6.45, 7) is 3.34. The molecule has 6 nitrogen and oxygen atoms in total. The molecule has 0 saturated carbocycles. The third-order valence-corrected chi connectivity index (χ3v) is 6.78. The van der Waals surface area contributed by atoms with E-state index < -0.39 is 17.2 Å². The van der Waals surface area contributed by atoms with Gasteiger partial charge in [-0.05, 0) is 18.6 Å². The summed E-state index contributed by atoms with van der Waals surface area (Å²) in [5, 5.41) is 0. The predicted octanol–water partition coefficient (Wildman–Crippen LogP) is 3.84. The van der Waals surface area contributed by atoms with Crippen molar-refractivity contribution in [1.82, 2.24) is 0 Å². The summed E-state index contributed by atoms with van der Waals surface area (Å²) in [6.07, 6.45) is 23.1. The third-order valence-electron chi connectivity index (χ3n) is 5.37. The summed E-state index contributed by atoms with van der Waals surface area (Å²) in [7, 11) is -4.66. The molecule has 0 N–H and O–H groups in total. The molecule has 194 valence electrons. The summed E-state index contributed by atoms with van der Waals surface area (Å²) in [6, 6.07) is 0. The van der Waals surface area contributed by atoms with Gasteiger partial charge < -0.3 is 14.0 Å². The molecule has 0 saturated heterocycles. The van der Waals surface area contributed by atoms with Crippen LogP contribution in [0.5, 0.6) is 0 Å². The van der Waals surface area contributed by atoms with Gasteiger partial charge in [0, 0.05) is 12.4 Å². The zero-order valence-corrected chi connectivity index (χ0v) is 25.2. The number of hydrogen-bond donors (Lipinski definition) is 0. The molecule has 0 bridgehead atoms.